The Kier molecular flexibility index (Phi) is 6.94. The van der Waals surface area contributed by atoms with Gasteiger partial charge in [0.2, 0.25) is 0 Å². The fraction of sp³-hybridized carbons (Fsp3) is 0.0952. The molecule has 5 nitrogen and oxygen atoms in total. The number of hydrogen-bond acceptors (Lipinski definition) is 4. The van der Waals surface area contributed by atoms with Gasteiger partial charge in [0.05, 0.1) is 5.69 Å². The van der Waals surface area contributed by atoms with E-state index in [1.54, 1.807) is 24.3 Å². The Morgan fingerprint density at radius 2 is 1.79 bits per heavy atom. The monoisotopic (exact) mass is 503 g/mol. The molecule has 2 aromatic carbocycles. The van der Waals surface area contributed by atoms with Crippen LogP contribution in [0.25, 0.3) is 0 Å². The van der Waals surface area contributed by atoms with E-state index in [4.69, 9.17) is 17.0 Å². The molecular formula is C21H18IN3O2S. The maximum absolute atomic E-state index is 12.4. The number of carbonyl (C=O) groups excluding carboxylic acids is 1. The van der Waals surface area contributed by atoms with Gasteiger partial charge < -0.3 is 10.1 Å². The van der Waals surface area contributed by atoms with Crippen molar-refractivity contribution >= 4 is 51.6 Å². The first-order valence-electron chi connectivity index (χ1n) is 8.53. The van der Waals surface area contributed by atoms with E-state index in [0.717, 1.165) is 14.8 Å². The summed E-state index contributed by atoms with van der Waals surface area (Å²) in [5, 5.41) is 5.77. The molecule has 1 aromatic heterocycles. The number of aryl methyl sites for hydroxylation is 1. The maximum atomic E-state index is 12.4. The minimum Gasteiger partial charge on any atom is -0.489 e. The summed E-state index contributed by atoms with van der Waals surface area (Å²) < 4.78 is 6.79. The van der Waals surface area contributed by atoms with Gasteiger partial charge in [-0.2, -0.15) is 0 Å². The van der Waals surface area contributed by atoms with E-state index in [0.29, 0.717) is 23.7 Å². The van der Waals surface area contributed by atoms with Crippen LogP contribution in [-0.2, 0) is 6.61 Å². The van der Waals surface area contributed by atoms with Crippen molar-refractivity contribution in [1.29, 1.82) is 0 Å². The number of aromatic nitrogens is 1. The van der Waals surface area contributed by atoms with E-state index in [9.17, 15) is 4.79 Å². The van der Waals surface area contributed by atoms with Crippen molar-refractivity contribution < 1.29 is 9.53 Å². The van der Waals surface area contributed by atoms with Crippen LogP contribution < -0.4 is 15.4 Å². The fourth-order valence-electron chi connectivity index (χ4n) is 2.38. The summed E-state index contributed by atoms with van der Waals surface area (Å²) in [6.45, 7) is 2.39. The normalized spacial score (nSPS) is 10.2. The topological polar surface area (TPSA) is 63.2 Å². The van der Waals surface area contributed by atoms with Crippen molar-refractivity contribution in [2.24, 2.45) is 0 Å². The highest BCUT2D eigenvalue weighted by molar-refractivity contribution is 14.1. The van der Waals surface area contributed by atoms with Gasteiger partial charge in [0, 0.05) is 9.13 Å². The molecule has 142 valence electrons. The summed E-state index contributed by atoms with van der Waals surface area (Å²) in [6.07, 6.45) is 0. The molecule has 0 fully saturated rings. The Morgan fingerprint density at radius 1 is 1.07 bits per heavy atom. The van der Waals surface area contributed by atoms with Crippen LogP contribution in [0.4, 0.5) is 5.82 Å². The van der Waals surface area contributed by atoms with Crippen LogP contribution in [-0.4, -0.2) is 16.0 Å². The predicted molar refractivity (Wildman–Crippen MR) is 123 cm³/mol. The Labute approximate surface area is 182 Å². The van der Waals surface area contributed by atoms with E-state index >= 15 is 0 Å². The van der Waals surface area contributed by atoms with Gasteiger partial charge in [0.25, 0.3) is 5.91 Å². The quantitative estimate of drug-likeness (QED) is 0.391. The molecular weight excluding hydrogens is 485 g/mol. The number of hydrogen-bond donors (Lipinski definition) is 2. The molecule has 1 heterocycles. The predicted octanol–water partition coefficient (Wildman–Crippen LogP) is 4.70. The SMILES string of the molecule is Cc1nc(NC(=S)NC(=O)c2ccc(OCc3ccccc3)cc2)ccc1I. The van der Waals surface area contributed by atoms with Crippen molar-refractivity contribution in [2.45, 2.75) is 13.5 Å². The first-order chi connectivity index (χ1) is 13.5. The highest BCUT2D eigenvalue weighted by Gasteiger charge is 2.09. The molecule has 0 saturated heterocycles. The smallest absolute Gasteiger partial charge is 0.257 e. The van der Waals surface area contributed by atoms with Crippen molar-refractivity contribution in [3.05, 3.63) is 87.1 Å². The highest BCUT2D eigenvalue weighted by atomic mass is 127. The van der Waals surface area contributed by atoms with Gasteiger partial charge >= 0.3 is 0 Å². The van der Waals surface area contributed by atoms with Gasteiger partial charge in [-0.3, -0.25) is 10.1 Å². The molecule has 0 aliphatic carbocycles. The summed E-state index contributed by atoms with van der Waals surface area (Å²) >= 11 is 7.41. The second-order valence-electron chi connectivity index (χ2n) is 5.97. The number of rotatable bonds is 5. The number of ether oxygens (including phenoxy) is 1. The standard InChI is InChI=1S/C21H18IN3O2S/c1-14-18(22)11-12-19(23-14)24-21(28)25-20(26)16-7-9-17(10-8-16)27-13-15-5-3-2-4-6-15/h2-12H,13H2,1H3,(H2,23,24,25,26,28). The molecule has 7 heteroatoms. The minimum atomic E-state index is -0.297. The number of pyridine rings is 1. The molecule has 2 N–H and O–H groups in total. The van der Waals surface area contributed by atoms with E-state index in [2.05, 4.69) is 38.2 Å². The molecule has 0 aliphatic rings. The van der Waals surface area contributed by atoms with Crippen LogP contribution in [0.15, 0.2) is 66.7 Å². The van der Waals surface area contributed by atoms with Gasteiger partial charge in [-0.15, -0.1) is 0 Å². The second kappa shape index (κ2) is 9.61. The number of thiocarbonyl (C=S) groups is 1. The summed E-state index contributed by atoms with van der Waals surface area (Å²) in [5.74, 6) is 0.988. The lowest BCUT2D eigenvalue weighted by Crippen LogP contribution is -2.34. The molecule has 0 aliphatic heterocycles. The Bertz CT molecular complexity index is 979. The van der Waals surface area contributed by atoms with Crippen LogP contribution in [0.1, 0.15) is 21.6 Å². The highest BCUT2D eigenvalue weighted by Crippen LogP contribution is 2.15. The molecule has 1 amide bonds. The van der Waals surface area contributed by atoms with Gasteiger partial charge in [-0.1, -0.05) is 30.3 Å². The number of anilines is 1. The second-order valence-corrected chi connectivity index (χ2v) is 7.54. The lowest BCUT2D eigenvalue weighted by molar-refractivity contribution is 0.0977. The number of amides is 1. The lowest BCUT2D eigenvalue weighted by Gasteiger charge is -2.10. The van der Waals surface area contributed by atoms with Gasteiger partial charge in [0.15, 0.2) is 5.11 Å². The molecule has 3 aromatic rings. The van der Waals surface area contributed by atoms with Crippen molar-refractivity contribution in [3.63, 3.8) is 0 Å². The van der Waals surface area contributed by atoms with Crippen LogP contribution in [0.3, 0.4) is 0 Å². The first kappa shape index (κ1) is 20.2. The third-order valence-corrected chi connectivity index (χ3v) is 5.20. The van der Waals surface area contributed by atoms with Crippen LogP contribution in [0.2, 0.25) is 0 Å². The average molecular weight is 503 g/mol. The molecule has 0 radical (unpaired) electrons. The average Bonchev–Trinajstić information content (AvgIpc) is 2.70. The van der Waals surface area contributed by atoms with Gasteiger partial charge in [-0.05, 0) is 83.7 Å². The van der Waals surface area contributed by atoms with Crippen LogP contribution >= 0.6 is 34.8 Å². The molecule has 0 saturated carbocycles. The number of nitrogens with zero attached hydrogens (tertiary/aromatic N) is 1. The summed E-state index contributed by atoms with van der Waals surface area (Å²) in [7, 11) is 0. The van der Waals surface area contributed by atoms with E-state index < -0.39 is 0 Å². The molecule has 28 heavy (non-hydrogen) atoms. The zero-order valence-corrected chi connectivity index (χ0v) is 18.1. The van der Waals surface area contributed by atoms with E-state index in [1.807, 2.05) is 49.4 Å². The van der Waals surface area contributed by atoms with E-state index in [1.165, 1.54) is 0 Å². The molecule has 0 bridgehead atoms. The third kappa shape index (κ3) is 5.74. The van der Waals surface area contributed by atoms with E-state index in [-0.39, 0.29) is 11.0 Å². The zero-order valence-electron chi connectivity index (χ0n) is 15.1. The zero-order chi connectivity index (χ0) is 19.9. The summed E-state index contributed by atoms with van der Waals surface area (Å²) in [5.41, 5.74) is 2.47. The first-order valence-corrected chi connectivity index (χ1v) is 10.0. The van der Waals surface area contributed by atoms with Crippen LogP contribution in [0, 0.1) is 10.5 Å². The molecule has 0 spiro atoms. The van der Waals surface area contributed by atoms with Crippen molar-refractivity contribution in [3.8, 4) is 5.75 Å². The molecule has 3 rings (SSSR count). The van der Waals surface area contributed by atoms with Crippen molar-refractivity contribution in [1.82, 2.24) is 10.3 Å². The Hall–Kier alpha value is -2.52. The number of benzene rings is 2. The molecule has 0 atom stereocenters. The maximum Gasteiger partial charge on any atom is 0.257 e. The van der Waals surface area contributed by atoms with Gasteiger partial charge in [-0.25, -0.2) is 4.98 Å². The summed E-state index contributed by atoms with van der Waals surface area (Å²) in [6, 6.07) is 20.6. The number of carbonyl (C=O) groups is 1. The Morgan fingerprint density at radius 3 is 2.46 bits per heavy atom. The summed E-state index contributed by atoms with van der Waals surface area (Å²) in [4.78, 5) is 16.7. The fourth-order valence-corrected chi connectivity index (χ4v) is 2.88. The largest absolute Gasteiger partial charge is 0.489 e. The third-order valence-electron chi connectivity index (χ3n) is 3.85. The Balaban J connectivity index is 1.53. The van der Waals surface area contributed by atoms with Crippen molar-refractivity contribution in [2.75, 3.05) is 5.32 Å². The lowest BCUT2D eigenvalue weighted by atomic mass is 10.2. The number of halogens is 1. The van der Waals surface area contributed by atoms with Gasteiger partial charge in [0.1, 0.15) is 18.2 Å². The van der Waals surface area contributed by atoms with Crippen LogP contribution in [0.5, 0.6) is 5.75 Å². The molecule has 0 unspecified atom stereocenters. The minimum absolute atomic E-state index is 0.197. The number of nitrogens with one attached hydrogen (secondary N) is 2.